The molecule has 0 atom stereocenters. The van der Waals surface area contributed by atoms with Crippen molar-refractivity contribution in [3.05, 3.63) is 71.5 Å². The lowest BCUT2D eigenvalue weighted by Crippen LogP contribution is -2.15. The molecule has 1 aromatic heterocycles. The lowest BCUT2D eigenvalue weighted by molar-refractivity contribution is 0.0525. The summed E-state index contributed by atoms with van der Waals surface area (Å²) in [6.07, 6.45) is 1.35. The number of hydrogen-bond acceptors (Lipinski definition) is 5. The van der Waals surface area contributed by atoms with Crippen LogP contribution < -0.4 is 4.72 Å². The Bertz CT molecular complexity index is 1490. The van der Waals surface area contributed by atoms with E-state index in [2.05, 4.69) is 25.5 Å². The topological polar surface area (TPSA) is 85.6 Å². The first-order valence-electron chi connectivity index (χ1n) is 11.8. The summed E-state index contributed by atoms with van der Waals surface area (Å²) in [4.78, 5) is 13.0. The summed E-state index contributed by atoms with van der Waals surface area (Å²) in [5, 5.41) is 1.94. The first-order valence-corrected chi connectivity index (χ1v) is 13.3. The summed E-state index contributed by atoms with van der Waals surface area (Å²) >= 11 is 0. The van der Waals surface area contributed by atoms with Gasteiger partial charge < -0.3 is 9.15 Å². The number of aryl methyl sites for hydroxylation is 1. The smallest absolute Gasteiger partial charge is 0.342 e. The zero-order valence-electron chi connectivity index (χ0n) is 20.8. The van der Waals surface area contributed by atoms with Crippen molar-refractivity contribution in [3.63, 3.8) is 0 Å². The van der Waals surface area contributed by atoms with Crippen LogP contribution in [0.15, 0.2) is 63.9 Å². The molecule has 0 saturated heterocycles. The van der Waals surface area contributed by atoms with E-state index in [1.807, 2.05) is 43.3 Å². The lowest BCUT2D eigenvalue weighted by Gasteiger charge is -2.19. The van der Waals surface area contributed by atoms with E-state index in [-0.39, 0.29) is 16.9 Å². The van der Waals surface area contributed by atoms with Gasteiger partial charge in [0.15, 0.2) is 0 Å². The van der Waals surface area contributed by atoms with Gasteiger partial charge in [0, 0.05) is 22.6 Å². The van der Waals surface area contributed by atoms with Crippen LogP contribution in [0.4, 0.5) is 5.69 Å². The minimum Gasteiger partial charge on any atom is -0.462 e. The van der Waals surface area contributed by atoms with Gasteiger partial charge in [-0.3, -0.25) is 4.72 Å². The third-order valence-corrected chi connectivity index (χ3v) is 7.38. The molecule has 6 nitrogen and oxygen atoms in total. The van der Waals surface area contributed by atoms with Crippen LogP contribution in [0.1, 0.15) is 62.7 Å². The monoisotopic (exact) mass is 493 g/mol. The molecule has 4 aromatic rings. The normalized spacial score (nSPS) is 12.3. The number of carbonyl (C=O) groups is 1. The van der Waals surface area contributed by atoms with Crippen molar-refractivity contribution in [3.8, 4) is 0 Å². The van der Waals surface area contributed by atoms with Crippen LogP contribution in [0.3, 0.4) is 0 Å². The molecule has 0 radical (unpaired) electrons. The molecule has 0 aliphatic heterocycles. The molecule has 1 heterocycles. The molecular formula is C28H31NO5S. The first-order chi connectivity index (χ1) is 16.6. The number of nitrogens with one attached hydrogen (secondary N) is 1. The maximum atomic E-state index is 13.3. The maximum Gasteiger partial charge on any atom is 0.342 e. The molecule has 0 fully saturated rings. The molecule has 0 aliphatic rings. The molecule has 0 bridgehead atoms. The van der Waals surface area contributed by atoms with Gasteiger partial charge in [0.1, 0.15) is 16.9 Å². The zero-order valence-corrected chi connectivity index (χ0v) is 21.6. The quantitative estimate of drug-likeness (QED) is 0.286. The Morgan fingerprint density at radius 1 is 0.971 bits per heavy atom. The van der Waals surface area contributed by atoms with E-state index in [4.69, 9.17) is 9.15 Å². The van der Waals surface area contributed by atoms with Gasteiger partial charge in [0.25, 0.3) is 10.0 Å². The number of esters is 1. The highest BCUT2D eigenvalue weighted by Crippen LogP contribution is 2.38. The Morgan fingerprint density at radius 2 is 1.63 bits per heavy atom. The number of fused-ring (bicyclic) bond motifs is 3. The number of sulfonamides is 1. The fourth-order valence-corrected chi connectivity index (χ4v) is 5.29. The molecular weight excluding hydrogens is 462 g/mol. The summed E-state index contributed by atoms with van der Waals surface area (Å²) in [5.74, 6) is 0.0698. The summed E-state index contributed by atoms with van der Waals surface area (Å²) in [5.41, 5.74) is 2.23. The van der Waals surface area contributed by atoms with Crippen LogP contribution in [0.2, 0.25) is 0 Å². The summed E-state index contributed by atoms with van der Waals surface area (Å²) in [6, 6.07) is 16.0. The van der Waals surface area contributed by atoms with Crippen LogP contribution in [0.5, 0.6) is 0 Å². The van der Waals surface area contributed by atoms with Crippen molar-refractivity contribution >= 4 is 43.4 Å². The van der Waals surface area contributed by atoms with Gasteiger partial charge in [-0.15, -0.1) is 0 Å². The number of rotatable bonds is 7. The van der Waals surface area contributed by atoms with E-state index in [0.717, 1.165) is 17.4 Å². The van der Waals surface area contributed by atoms with Gasteiger partial charge in [0.2, 0.25) is 0 Å². The SMILES string of the molecule is CCCc1oc2c(cc(NS(=O)(=O)c3ccc(C(C)(C)C)cc3)c3ccccc32)c1C(=O)OCC. The number of carbonyl (C=O) groups excluding carboxylic acids is 1. The van der Waals surface area contributed by atoms with E-state index in [9.17, 15) is 13.2 Å². The second-order valence-electron chi connectivity index (χ2n) is 9.60. The average molecular weight is 494 g/mol. The van der Waals surface area contributed by atoms with Crippen LogP contribution in [-0.2, 0) is 26.6 Å². The standard InChI is InChI=1S/C28H31NO5S/c1-6-10-24-25(27(30)33-7-2)22-17-23(20-11-8-9-12-21(20)26(22)34-24)29-35(31,32)19-15-13-18(14-16-19)28(3,4)5/h8-9,11-17,29H,6-7,10H2,1-5H3. The summed E-state index contributed by atoms with van der Waals surface area (Å²) in [7, 11) is -3.88. The van der Waals surface area contributed by atoms with Crippen molar-refractivity contribution in [1.82, 2.24) is 0 Å². The van der Waals surface area contributed by atoms with E-state index in [0.29, 0.717) is 39.8 Å². The third kappa shape index (κ3) is 4.78. The van der Waals surface area contributed by atoms with Gasteiger partial charge in [-0.25, -0.2) is 13.2 Å². The van der Waals surface area contributed by atoms with Gasteiger partial charge in [-0.1, -0.05) is 64.1 Å². The predicted octanol–water partition coefficient (Wildman–Crippen LogP) is 6.81. The van der Waals surface area contributed by atoms with Crippen molar-refractivity contribution in [2.24, 2.45) is 0 Å². The van der Waals surface area contributed by atoms with Crippen LogP contribution in [0, 0.1) is 0 Å². The lowest BCUT2D eigenvalue weighted by atomic mass is 9.87. The first kappa shape index (κ1) is 24.8. The minimum atomic E-state index is -3.88. The van der Waals surface area contributed by atoms with Crippen molar-refractivity contribution in [2.45, 2.75) is 57.8 Å². The van der Waals surface area contributed by atoms with E-state index in [1.165, 1.54) is 0 Å². The van der Waals surface area contributed by atoms with Crippen molar-refractivity contribution < 1.29 is 22.4 Å². The van der Waals surface area contributed by atoms with Crippen molar-refractivity contribution in [1.29, 1.82) is 0 Å². The Kier molecular flexibility index (Phi) is 6.64. The number of anilines is 1. The predicted molar refractivity (Wildman–Crippen MR) is 140 cm³/mol. The maximum absolute atomic E-state index is 13.3. The zero-order chi connectivity index (χ0) is 25.4. The molecule has 4 rings (SSSR count). The van der Waals surface area contributed by atoms with Gasteiger partial charge in [0.05, 0.1) is 17.2 Å². The Morgan fingerprint density at radius 3 is 2.23 bits per heavy atom. The average Bonchev–Trinajstić information content (AvgIpc) is 3.17. The second kappa shape index (κ2) is 9.38. The van der Waals surface area contributed by atoms with Gasteiger partial charge in [-0.05, 0) is 42.5 Å². The fraction of sp³-hybridized carbons (Fsp3) is 0.321. The highest BCUT2D eigenvalue weighted by Gasteiger charge is 2.25. The summed E-state index contributed by atoms with van der Waals surface area (Å²) in [6.45, 7) is 10.2. The second-order valence-corrected chi connectivity index (χ2v) is 11.3. The van der Waals surface area contributed by atoms with Gasteiger partial charge >= 0.3 is 5.97 Å². The molecule has 0 spiro atoms. The fourth-order valence-electron chi connectivity index (χ4n) is 4.22. The third-order valence-electron chi connectivity index (χ3n) is 6.00. The molecule has 0 saturated carbocycles. The van der Waals surface area contributed by atoms with Gasteiger partial charge in [-0.2, -0.15) is 0 Å². The molecule has 3 aromatic carbocycles. The number of hydrogen-bond donors (Lipinski definition) is 1. The van der Waals surface area contributed by atoms with E-state index < -0.39 is 16.0 Å². The number of furan rings is 1. The molecule has 0 unspecified atom stereocenters. The molecule has 0 amide bonds. The van der Waals surface area contributed by atoms with E-state index >= 15 is 0 Å². The van der Waals surface area contributed by atoms with Crippen LogP contribution in [0.25, 0.3) is 21.7 Å². The Hall–Kier alpha value is -3.32. The molecule has 35 heavy (non-hydrogen) atoms. The van der Waals surface area contributed by atoms with Crippen molar-refractivity contribution in [2.75, 3.05) is 11.3 Å². The molecule has 7 heteroatoms. The Labute approximate surface area is 206 Å². The largest absolute Gasteiger partial charge is 0.462 e. The molecule has 1 N–H and O–H groups in total. The highest BCUT2D eigenvalue weighted by atomic mass is 32.2. The summed E-state index contributed by atoms with van der Waals surface area (Å²) < 4.78 is 40.9. The van der Waals surface area contributed by atoms with Crippen LogP contribution in [-0.4, -0.2) is 21.0 Å². The minimum absolute atomic E-state index is 0.0854. The number of ether oxygens (including phenoxy) is 1. The molecule has 0 aliphatic carbocycles. The molecule has 184 valence electrons. The highest BCUT2D eigenvalue weighted by molar-refractivity contribution is 7.92. The number of benzene rings is 3. The Balaban J connectivity index is 1.88. The van der Waals surface area contributed by atoms with Crippen LogP contribution >= 0.6 is 0 Å². The van der Waals surface area contributed by atoms with E-state index in [1.54, 1.807) is 25.1 Å².